The van der Waals surface area contributed by atoms with E-state index in [-0.39, 0.29) is 0 Å². The molecular formula is C23H34N2. The number of aryl methyl sites for hydroxylation is 2. The quantitative estimate of drug-likeness (QED) is 0.560. The predicted molar refractivity (Wildman–Crippen MR) is 112 cm³/mol. The Hall–Kier alpha value is -1.96. The Morgan fingerprint density at radius 1 is 0.680 bits per heavy atom. The van der Waals surface area contributed by atoms with Gasteiger partial charge in [-0.05, 0) is 48.9 Å². The third-order valence-electron chi connectivity index (χ3n) is 4.91. The van der Waals surface area contributed by atoms with Crippen LogP contribution in [0.15, 0.2) is 48.5 Å². The maximum atomic E-state index is 2.57. The Labute approximate surface area is 154 Å². The monoisotopic (exact) mass is 338 g/mol. The summed E-state index contributed by atoms with van der Waals surface area (Å²) in [5.74, 6) is 0. The molecule has 0 unspecified atom stereocenters. The Bertz CT molecular complexity index is 635. The van der Waals surface area contributed by atoms with Crippen molar-refractivity contribution < 1.29 is 0 Å². The van der Waals surface area contributed by atoms with Gasteiger partial charge in [0.1, 0.15) is 0 Å². The molecule has 0 aliphatic carbocycles. The highest BCUT2D eigenvalue weighted by Crippen LogP contribution is 2.23. The van der Waals surface area contributed by atoms with Crippen molar-refractivity contribution in [3.8, 4) is 0 Å². The standard InChI is InChI=1S/C23H34N2/c1-5-17-25(23-16-11-9-14-21(23)7-3)19-12-18-24(4)22-15-10-8-13-20(22)6-2/h8-11,13-16H,5-7,12,17-19H2,1-4H3. The highest BCUT2D eigenvalue weighted by atomic mass is 15.1. The van der Waals surface area contributed by atoms with Crippen molar-refractivity contribution in [1.82, 2.24) is 0 Å². The van der Waals surface area contributed by atoms with Crippen LogP contribution in [0.5, 0.6) is 0 Å². The Morgan fingerprint density at radius 2 is 1.24 bits per heavy atom. The summed E-state index contributed by atoms with van der Waals surface area (Å²) in [4.78, 5) is 4.98. The molecule has 0 aromatic heterocycles. The average Bonchev–Trinajstić information content (AvgIpc) is 2.67. The summed E-state index contributed by atoms with van der Waals surface area (Å²) in [6.07, 6.45) is 4.55. The molecule has 0 spiro atoms. The molecule has 0 amide bonds. The molecular weight excluding hydrogens is 304 g/mol. The molecule has 25 heavy (non-hydrogen) atoms. The van der Waals surface area contributed by atoms with Gasteiger partial charge in [-0.15, -0.1) is 0 Å². The summed E-state index contributed by atoms with van der Waals surface area (Å²) >= 11 is 0. The van der Waals surface area contributed by atoms with Crippen LogP contribution in [0.4, 0.5) is 11.4 Å². The molecule has 2 heteroatoms. The van der Waals surface area contributed by atoms with E-state index in [9.17, 15) is 0 Å². The van der Waals surface area contributed by atoms with Gasteiger partial charge in [-0.2, -0.15) is 0 Å². The molecule has 2 rings (SSSR count). The van der Waals surface area contributed by atoms with Gasteiger partial charge in [0.15, 0.2) is 0 Å². The highest BCUT2D eigenvalue weighted by molar-refractivity contribution is 5.54. The van der Waals surface area contributed by atoms with Gasteiger partial charge in [0, 0.05) is 38.1 Å². The first-order valence-electron chi connectivity index (χ1n) is 9.83. The zero-order valence-corrected chi connectivity index (χ0v) is 16.5. The number of anilines is 2. The van der Waals surface area contributed by atoms with Crippen LogP contribution in [-0.4, -0.2) is 26.7 Å². The molecule has 0 aliphatic heterocycles. The number of rotatable bonds is 10. The topological polar surface area (TPSA) is 6.48 Å². The van der Waals surface area contributed by atoms with Gasteiger partial charge in [0.05, 0.1) is 0 Å². The van der Waals surface area contributed by atoms with Crippen LogP contribution in [0.2, 0.25) is 0 Å². The van der Waals surface area contributed by atoms with Gasteiger partial charge in [0.2, 0.25) is 0 Å². The minimum Gasteiger partial charge on any atom is -0.374 e. The van der Waals surface area contributed by atoms with Crippen molar-refractivity contribution in [1.29, 1.82) is 0 Å². The summed E-state index contributed by atoms with van der Waals surface area (Å²) in [5.41, 5.74) is 5.69. The number of para-hydroxylation sites is 2. The molecule has 0 atom stereocenters. The first-order chi connectivity index (χ1) is 12.2. The Balaban J connectivity index is 1.99. The van der Waals surface area contributed by atoms with E-state index in [1.165, 1.54) is 35.3 Å². The second-order valence-corrected chi connectivity index (χ2v) is 6.73. The summed E-state index contributed by atoms with van der Waals surface area (Å²) in [6, 6.07) is 17.6. The maximum Gasteiger partial charge on any atom is 0.0398 e. The second-order valence-electron chi connectivity index (χ2n) is 6.73. The third kappa shape index (κ3) is 5.26. The fourth-order valence-electron chi connectivity index (χ4n) is 3.54. The smallest absolute Gasteiger partial charge is 0.0398 e. The lowest BCUT2D eigenvalue weighted by Crippen LogP contribution is -2.30. The van der Waals surface area contributed by atoms with Crippen molar-refractivity contribution in [2.24, 2.45) is 0 Å². The summed E-state index contributed by atoms with van der Waals surface area (Å²) in [7, 11) is 2.22. The summed E-state index contributed by atoms with van der Waals surface area (Å²) < 4.78 is 0. The fraction of sp³-hybridized carbons (Fsp3) is 0.478. The number of hydrogen-bond donors (Lipinski definition) is 0. The molecule has 2 aromatic rings. The fourth-order valence-corrected chi connectivity index (χ4v) is 3.54. The van der Waals surface area contributed by atoms with Crippen molar-refractivity contribution in [2.45, 2.75) is 46.5 Å². The Morgan fingerprint density at radius 3 is 1.84 bits per heavy atom. The normalized spacial score (nSPS) is 10.7. The first kappa shape index (κ1) is 19.4. The van der Waals surface area contributed by atoms with Crippen LogP contribution in [0.25, 0.3) is 0 Å². The van der Waals surface area contributed by atoms with E-state index < -0.39 is 0 Å². The predicted octanol–water partition coefficient (Wildman–Crippen LogP) is 5.55. The number of benzene rings is 2. The Kier molecular flexibility index (Phi) is 7.84. The summed E-state index contributed by atoms with van der Waals surface area (Å²) in [6.45, 7) is 10.1. The number of nitrogens with zero attached hydrogens (tertiary/aromatic N) is 2. The third-order valence-corrected chi connectivity index (χ3v) is 4.91. The zero-order chi connectivity index (χ0) is 18.1. The molecule has 0 saturated carbocycles. The van der Waals surface area contributed by atoms with Gasteiger partial charge >= 0.3 is 0 Å². The minimum absolute atomic E-state index is 1.09. The highest BCUT2D eigenvalue weighted by Gasteiger charge is 2.10. The lowest BCUT2D eigenvalue weighted by Gasteiger charge is -2.28. The molecule has 0 heterocycles. The van der Waals surface area contributed by atoms with Gasteiger partial charge in [0.25, 0.3) is 0 Å². The van der Waals surface area contributed by atoms with Gasteiger partial charge < -0.3 is 9.80 Å². The van der Waals surface area contributed by atoms with E-state index >= 15 is 0 Å². The molecule has 0 fully saturated rings. The summed E-state index contributed by atoms with van der Waals surface area (Å²) in [5, 5.41) is 0. The van der Waals surface area contributed by atoms with E-state index in [1.54, 1.807) is 0 Å². The molecule has 0 aliphatic rings. The van der Waals surface area contributed by atoms with E-state index in [1.807, 2.05) is 0 Å². The largest absolute Gasteiger partial charge is 0.374 e. The molecule has 0 N–H and O–H groups in total. The van der Waals surface area contributed by atoms with Crippen LogP contribution in [0.1, 0.15) is 44.7 Å². The SMILES string of the molecule is CCCN(CCCN(C)c1ccccc1CC)c1ccccc1CC. The van der Waals surface area contributed by atoms with E-state index in [0.29, 0.717) is 0 Å². The van der Waals surface area contributed by atoms with E-state index in [2.05, 4.69) is 86.1 Å². The molecule has 136 valence electrons. The van der Waals surface area contributed by atoms with Gasteiger partial charge in [-0.3, -0.25) is 0 Å². The van der Waals surface area contributed by atoms with Crippen LogP contribution in [0.3, 0.4) is 0 Å². The van der Waals surface area contributed by atoms with E-state index in [0.717, 1.165) is 32.5 Å². The van der Waals surface area contributed by atoms with Crippen LogP contribution in [-0.2, 0) is 12.8 Å². The van der Waals surface area contributed by atoms with Crippen molar-refractivity contribution in [3.05, 3.63) is 59.7 Å². The average molecular weight is 339 g/mol. The van der Waals surface area contributed by atoms with E-state index in [4.69, 9.17) is 0 Å². The maximum absolute atomic E-state index is 2.57. The molecule has 2 aromatic carbocycles. The van der Waals surface area contributed by atoms with Crippen LogP contribution >= 0.6 is 0 Å². The zero-order valence-electron chi connectivity index (χ0n) is 16.5. The van der Waals surface area contributed by atoms with Crippen molar-refractivity contribution in [3.63, 3.8) is 0 Å². The van der Waals surface area contributed by atoms with Crippen LogP contribution < -0.4 is 9.80 Å². The molecule has 0 saturated heterocycles. The second kappa shape index (κ2) is 10.1. The van der Waals surface area contributed by atoms with Crippen molar-refractivity contribution >= 4 is 11.4 Å². The number of hydrogen-bond acceptors (Lipinski definition) is 2. The lowest BCUT2D eigenvalue weighted by atomic mass is 10.1. The molecule has 0 radical (unpaired) electrons. The van der Waals surface area contributed by atoms with Crippen LogP contribution in [0, 0.1) is 0 Å². The van der Waals surface area contributed by atoms with Gasteiger partial charge in [-0.25, -0.2) is 0 Å². The minimum atomic E-state index is 1.09. The first-order valence-corrected chi connectivity index (χ1v) is 9.83. The van der Waals surface area contributed by atoms with Crippen molar-refractivity contribution in [2.75, 3.05) is 36.5 Å². The van der Waals surface area contributed by atoms with Gasteiger partial charge in [-0.1, -0.05) is 57.2 Å². The molecule has 2 nitrogen and oxygen atoms in total. The molecule has 0 bridgehead atoms. The lowest BCUT2D eigenvalue weighted by molar-refractivity contribution is 0.702.